The van der Waals surface area contributed by atoms with E-state index in [1.165, 1.54) is 13.8 Å². The topological polar surface area (TPSA) is 46.5 Å². The van der Waals surface area contributed by atoms with E-state index in [0.29, 0.717) is 6.08 Å². The van der Waals surface area contributed by atoms with Crippen LogP contribution in [-0.2, 0) is 9.53 Å². The van der Waals surface area contributed by atoms with Gasteiger partial charge in [-0.15, -0.1) is 0 Å². The van der Waals surface area contributed by atoms with E-state index in [1.807, 2.05) is 0 Å². The van der Waals surface area contributed by atoms with Crippen molar-refractivity contribution < 1.29 is 32.2 Å². The van der Waals surface area contributed by atoms with Crippen molar-refractivity contribution in [3.8, 4) is 0 Å². The summed E-state index contributed by atoms with van der Waals surface area (Å²) in [6.45, 7) is 2.10. The van der Waals surface area contributed by atoms with Crippen molar-refractivity contribution >= 4 is 5.97 Å². The molecule has 0 saturated heterocycles. The number of halogens is 4. The number of allylic oxidation sites excluding steroid dienone is 1. The number of ether oxygens (including phenoxy) is 1. The third-order valence-electron chi connectivity index (χ3n) is 1.77. The Hall–Kier alpha value is -1.11. The Morgan fingerprint density at radius 2 is 1.94 bits per heavy atom. The molecule has 0 rings (SSSR count). The van der Waals surface area contributed by atoms with Crippen LogP contribution in [0.3, 0.4) is 0 Å². The molecule has 0 heterocycles. The SMILES string of the molecule is CC=CC(O)C(F)(C(=O)OCC)C(F)(F)F. The molecule has 3 nitrogen and oxygen atoms in total. The van der Waals surface area contributed by atoms with Gasteiger partial charge in [-0.3, -0.25) is 0 Å². The fraction of sp³-hybridized carbons (Fsp3) is 0.667. The van der Waals surface area contributed by atoms with Crippen molar-refractivity contribution in [3.05, 3.63) is 12.2 Å². The summed E-state index contributed by atoms with van der Waals surface area (Å²) < 4.78 is 54.7. The average molecular weight is 244 g/mol. The molecule has 94 valence electrons. The van der Waals surface area contributed by atoms with E-state index >= 15 is 0 Å². The van der Waals surface area contributed by atoms with Gasteiger partial charge in [-0.25, -0.2) is 9.18 Å². The lowest BCUT2D eigenvalue weighted by Gasteiger charge is -2.28. The molecule has 0 aliphatic rings. The normalized spacial score (nSPS) is 18.2. The van der Waals surface area contributed by atoms with Gasteiger partial charge in [0, 0.05) is 0 Å². The first-order chi connectivity index (χ1) is 7.21. The van der Waals surface area contributed by atoms with E-state index in [-0.39, 0.29) is 0 Å². The van der Waals surface area contributed by atoms with Gasteiger partial charge in [0.25, 0.3) is 0 Å². The first kappa shape index (κ1) is 14.9. The van der Waals surface area contributed by atoms with Crippen molar-refractivity contribution in [2.75, 3.05) is 6.61 Å². The predicted molar refractivity (Wildman–Crippen MR) is 47.3 cm³/mol. The number of alkyl halides is 4. The zero-order valence-corrected chi connectivity index (χ0v) is 8.71. The van der Waals surface area contributed by atoms with Crippen molar-refractivity contribution in [2.24, 2.45) is 0 Å². The van der Waals surface area contributed by atoms with Crippen LogP contribution in [-0.4, -0.2) is 35.6 Å². The van der Waals surface area contributed by atoms with Gasteiger partial charge in [0.15, 0.2) is 0 Å². The molecule has 1 N–H and O–H groups in total. The second-order valence-electron chi connectivity index (χ2n) is 2.90. The van der Waals surface area contributed by atoms with Crippen LogP contribution in [0.15, 0.2) is 12.2 Å². The maximum Gasteiger partial charge on any atom is 0.436 e. The highest BCUT2D eigenvalue weighted by Gasteiger charge is 2.67. The van der Waals surface area contributed by atoms with Gasteiger partial charge in [-0.2, -0.15) is 13.2 Å². The van der Waals surface area contributed by atoms with Gasteiger partial charge < -0.3 is 9.84 Å². The molecule has 0 aromatic rings. The molecule has 0 amide bonds. The summed E-state index contributed by atoms with van der Waals surface area (Å²) in [4.78, 5) is 10.9. The Bertz CT molecular complexity index is 274. The highest BCUT2D eigenvalue weighted by molar-refractivity contribution is 5.81. The Labute approximate surface area is 89.7 Å². The zero-order valence-electron chi connectivity index (χ0n) is 8.71. The Balaban J connectivity index is 5.27. The third-order valence-corrected chi connectivity index (χ3v) is 1.77. The van der Waals surface area contributed by atoms with Gasteiger partial charge in [0.2, 0.25) is 0 Å². The summed E-state index contributed by atoms with van der Waals surface area (Å²) in [7, 11) is 0. The molecular weight excluding hydrogens is 232 g/mol. The number of carbonyl (C=O) groups is 1. The summed E-state index contributed by atoms with van der Waals surface area (Å²) in [5.74, 6) is -2.15. The number of aliphatic hydroxyl groups is 1. The Morgan fingerprint density at radius 3 is 2.25 bits per heavy atom. The second-order valence-corrected chi connectivity index (χ2v) is 2.90. The molecule has 0 bridgehead atoms. The first-order valence-electron chi connectivity index (χ1n) is 4.45. The fourth-order valence-corrected chi connectivity index (χ4v) is 0.955. The number of esters is 1. The van der Waals surface area contributed by atoms with Gasteiger partial charge in [-0.05, 0) is 13.8 Å². The van der Waals surface area contributed by atoms with E-state index in [0.717, 1.165) is 6.08 Å². The van der Waals surface area contributed by atoms with Gasteiger partial charge in [-0.1, -0.05) is 12.2 Å². The molecule has 0 aliphatic carbocycles. The highest BCUT2D eigenvalue weighted by Crippen LogP contribution is 2.38. The average Bonchev–Trinajstić information content (AvgIpc) is 2.15. The maximum absolute atomic E-state index is 13.6. The fourth-order valence-electron chi connectivity index (χ4n) is 0.955. The summed E-state index contributed by atoms with van der Waals surface area (Å²) >= 11 is 0. The van der Waals surface area contributed by atoms with Crippen LogP contribution in [0.4, 0.5) is 17.6 Å². The van der Waals surface area contributed by atoms with Crippen molar-refractivity contribution in [2.45, 2.75) is 31.8 Å². The summed E-state index contributed by atoms with van der Waals surface area (Å²) in [5.41, 5.74) is -4.43. The van der Waals surface area contributed by atoms with E-state index in [1.54, 1.807) is 0 Å². The van der Waals surface area contributed by atoms with Crippen molar-refractivity contribution in [3.63, 3.8) is 0 Å². The van der Waals surface area contributed by atoms with Gasteiger partial charge in [0.05, 0.1) is 6.61 Å². The largest absolute Gasteiger partial charge is 0.463 e. The molecule has 0 spiro atoms. The molecule has 7 heteroatoms. The van der Waals surface area contributed by atoms with E-state index in [9.17, 15) is 22.4 Å². The van der Waals surface area contributed by atoms with E-state index < -0.39 is 30.5 Å². The predicted octanol–water partition coefficient (Wildman–Crippen LogP) is 1.76. The molecule has 2 atom stereocenters. The Kier molecular flexibility index (Phi) is 4.92. The lowest BCUT2D eigenvalue weighted by atomic mass is 9.97. The lowest BCUT2D eigenvalue weighted by molar-refractivity contribution is -0.256. The Morgan fingerprint density at radius 1 is 1.44 bits per heavy atom. The minimum absolute atomic E-state index is 0.414. The van der Waals surface area contributed by atoms with Crippen LogP contribution in [0.25, 0.3) is 0 Å². The number of carbonyl (C=O) groups excluding carboxylic acids is 1. The number of rotatable bonds is 4. The van der Waals surface area contributed by atoms with Crippen LogP contribution in [0.2, 0.25) is 0 Å². The van der Waals surface area contributed by atoms with Gasteiger partial charge >= 0.3 is 17.8 Å². The maximum atomic E-state index is 13.6. The molecule has 0 aliphatic heterocycles. The molecule has 0 aromatic heterocycles. The molecular formula is C9H12F4O3. The number of hydrogen-bond acceptors (Lipinski definition) is 3. The van der Waals surface area contributed by atoms with Crippen LogP contribution >= 0.6 is 0 Å². The second kappa shape index (κ2) is 5.29. The standard InChI is InChI=1S/C9H12F4O3/c1-3-5-6(14)8(10,9(11,12)13)7(15)16-4-2/h3,5-6,14H,4H2,1-2H3. The molecule has 0 saturated carbocycles. The highest BCUT2D eigenvalue weighted by atomic mass is 19.4. The van der Waals surface area contributed by atoms with E-state index in [2.05, 4.69) is 4.74 Å². The molecule has 16 heavy (non-hydrogen) atoms. The summed E-state index contributed by atoms with van der Waals surface area (Å²) in [5, 5.41) is 9.02. The van der Waals surface area contributed by atoms with Crippen LogP contribution < -0.4 is 0 Å². The third kappa shape index (κ3) is 2.72. The van der Waals surface area contributed by atoms with Crippen molar-refractivity contribution in [1.29, 1.82) is 0 Å². The van der Waals surface area contributed by atoms with Crippen LogP contribution in [0, 0.1) is 0 Å². The summed E-state index contributed by atoms with van der Waals surface area (Å²) in [6, 6.07) is 0. The monoisotopic (exact) mass is 244 g/mol. The molecule has 0 aromatic carbocycles. The first-order valence-corrected chi connectivity index (χ1v) is 4.45. The molecule has 2 unspecified atom stereocenters. The number of aliphatic hydroxyl groups excluding tert-OH is 1. The quantitative estimate of drug-likeness (QED) is 0.465. The minimum Gasteiger partial charge on any atom is -0.463 e. The van der Waals surface area contributed by atoms with Crippen molar-refractivity contribution in [1.82, 2.24) is 0 Å². The van der Waals surface area contributed by atoms with Crippen LogP contribution in [0.1, 0.15) is 13.8 Å². The molecule has 0 fully saturated rings. The summed E-state index contributed by atoms with van der Waals surface area (Å²) in [6.07, 6.45) is -6.64. The number of hydrogen-bond donors (Lipinski definition) is 1. The zero-order chi connectivity index (χ0) is 13.0. The van der Waals surface area contributed by atoms with Crippen LogP contribution in [0.5, 0.6) is 0 Å². The molecule has 0 radical (unpaired) electrons. The minimum atomic E-state index is -5.54. The lowest BCUT2D eigenvalue weighted by Crippen LogP contribution is -2.56. The smallest absolute Gasteiger partial charge is 0.436 e. The van der Waals surface area contributed by atoms with E-state index in [4.69, 9.17) is 5.11 Å². The van der Waals surface area contributed by atoms with Gasteiger partial charge in [0.1, 0.15) is 6.10 Å².